The fourth-order valence-corrected chi connectivity index (χ4v) is 6.48. The molecule has 8 rings (SSSR count). The van der Waals surface area contributed by atoms with E-state index in [4.69, 9.17) is 15.4 Å². The van der Waals surface area contributed by atoms with E-state index >= 15 is 0 Å². The van der Waals surface area contributed by atoms with Crippen molar-refractivity contribution in [2.45, 2.75) is 26.5 Å². The summed E-state index contributed by atoms with van der Waals surface area (Å²) in [6, 6.07) is 36.8. The first-order chi connectivity index (χ1) is 26.6. The molecule has 0 fully saturated rings. The van der Waals surface area contributed by atoms with Crippen LogP contribution in [0, 0.1) is 19.0 Å². The minimum Gasteiger partial charge on any atom is -0.501 e. The summed E-state index contributed by atoms with van der Waals surface area (Å²) in [6.07, 6.45) is 3.69. The molecule has 1 radical (unpaired) electrons. The summed E-state index contributed by atoms with van der Waals surface area (Å²) in [5, 5.41) is 3.05. The Labute approximate surface area is 314 Å². The molecule has 0 N–H and O–H groups in total. The Morgan fingerprint density at radius 1 is 0.714 bits per heavy atom. The molecule has 0 spiro atoms. The zero-order valence-corrected chi connectivity index (χ0v) is 30.5. The van der Waals surface area contributed by atoms with Gasteiger partial charge in [-0.05, 0) is 51.0 Å². The number of hydrogen-bond donors (Lipinski definition) is 0. The van der Waals surface area contributed by atoms with Crippen molar-refractivity contribution in [2.75, 3.05) is 0 Å². The molecule has 0 amide bonds. The molecule has 8 aromatic rings. The molecule has 0 bridgehead atoms. The van der Waals surface area contributed by atoms with Crippen molar-refractivity contribution in [2.24, 2.45) is 0 Å². The van der Waals surface area contributed by atoms with Crippen LogP contribution in [0.15, 0.2) is 150 Å². The van der Waals surface area contributed by atoms with Gasteiger partial charge in [0.15, 0.2) is 0 Å². The maximum absolute atomic E-state index is 8.31. The summed E-state index contributed by atoms with van der Waals surface area (Å²) >= 11 is 0. The van der Waals surface area contributed by atoms with Crippen LogP contribution in [-0.2, 0) is 20.1 Å². The normalized spacial score (nSPS) is 13.7. The third kappa shape index (κ3) is 7.55. The molecule has 5 heteroatoms. The van der Waals surface area contributed by atoms with Crippen molar-refractivity contribution >= 4 is 35.2 Å². The van der Waals surface area contributed by atoms with E-state index in [1.165, 1.54) is 11.3 Å². The maximum Gasteiger partial charge on any atom is 0.121 e. The molecule has 0 atom stereocenters. The Balaban J connectivity index is 0.000000223. The number of hydrogen-bond acceptors (Lipinski definition) is 3. The second-order valence-corrected chi connectivity index (χ2v) is 17.5. The predicted molar refractivity (Wildman–Crippen MR) is 203 cm³/mol. The first kappa shape index (κ1) is 25.1. The maximum atomic E-state index is 8.31. The van der Waals surface area contributed by atoms with Gasteiger partial charge in [-0.1, -0.05) is 128 Å². The fraction of sp³-hybridized carbons (Fsp3) is 0.0909. The minimum absolute atomic E-state index is 0. The summed E-state index contributed by atoms with van der Waals surface area (Å²) in [7, 11) is -1.34. The average Bonchev–Trinajstić information content (AvgIpc) is 3.58. The van der Waals surface area contributed by atoms with Gasteiger partial charge in [0.1, 0.15) is 5.58 Å². The summed E-state index contributed by atoms with van der Waals surface area (Å²) < 4.78 is 68.8. The first-order valence-electron chi connectivity index (χ1n) is 19.6. The molecule has 0 unspecified atom stereocenters. The zero-order chi connectivity index (χ0) is 39.9. The van der Waals surface area contributed by atoms with Gasteiger partial charge in [-0.3, -0.25) is 0 Å². The van der Waals surface area contributed by atoms with Gasteiger partial charge in [0.2, 0.25) is 0 Å². The van der Waals surface area contributed by atoms with Crippen LogP contribution < -0.4 is 5.19 Å². The van der Waals surface area contributed by atoms with Gasteiger partial charge in [0.05, 0.1) is 20.5 Å². The van der Waals surface area contributed by atoms with Crippen LogP contribution in [-0.4, -0.2) is 18.0 Å². The molecule has 3 nitrogen and oxygen atoms in total. The average molecular weight is 837 g/mol. The zero-order valence-electron chi connectivity index (χ0n) is 35.1. The second kappa shape index (κ2) is 14.7. The van der Waals surface area contributed by atoms with Gasteiger partial charge in [-0.25, -0.2) is 0 Å². The van der Waals surface area contributed by atoms with Gasteiger partial charge in [0.25, 0.3) is 0 Å². The van der Waals surface area contributed by atoms with Gasteiger partial charge in [-0.2, -0.15) is 0 Å². The molecule has 0 saturated carbocycles. The van der Waals surface area contributed by atoms with Gasteiger partial charge in [-0.15, -0.1) is 53.6 Å². The van der Waals surface area contributed by atoms with E-state index < -0.39 is 21.0 Å². The third-order valence-corrected chi connectivity index (χ3v) is 10.1. The summed E-state index contributed by atoms with van der Waals surface area (Å²) in [6.45, 7) is 4.76. The second-order valence-electron chi connectivity index (χ2n) is 12.4. The van der Waals surface area contributed by atoms with Crippen molar-refractivity contribution in [3.63, 3.8) is 0 Å². The number of benzene rings is 5. The Hall–Kier alpha value is -4.93. The van der Waals surface area contributed by atoms with Crippen LogP contribution in [0.4, 0.5) is 0 Å². The van der Waals surface area contributed by atoms with Crippen LogP contribution in [0.1, 0.15) is 16.5 Å². The molecular weight excluding hydrogens is 793 g/mol. The van der Waals surface area contributed by atoms with E-state index in [0.29, 0.717) is 22.3 Å². The Morgan fingerprint density at radius 3 is 2.24 bits per heavy atom. The molecule has 0 aliphatic rings. The first-order valence-corrected chi connectivity index (χ1v) is 19.1. The van der Waals surface area contributed by atoms with Crippen molar-refractivity contribution in [1.82, 2.24) is 9.97 Å². The van der Waals surface area contributed by atoms with Crippen LogP contribution in [0.2, 0.25) is 19.6 Å². The number of pyridine rings is 2. The predicted octanol–water partition coefficient (Wildman–Crippen LogP) is 11.2. The summed E-state index contributed by atoms with van der Waals surface area (Å²) in [5.74, 6) is 0. The molecule has 5 aromatic carbocycles. The minimum atomic E-state index is -2.08. The van der Waals surface area contributed by atoms with Crippen LogP contribution in [0.5, 0.6) is 0 Å². The van der Waals surface area contributed by atoms with Gasteiger partial charge < -0.3 is 14.4 Å². The largest absolute Gasteiger partial charge is 0.501 e. The Morgan fingerprint density at radius 2 is 1.53 bits per heavy atom. The van der Waals surface area contributed by atoms with E-state index in [1.807, 2.05) is 72.9 Å². The summed E-state index contributed by atoms with van der Waals surface area (Å²) in [4.78, 5) is 9.04. The Bertz CT molecular complexity index is 2630. The van der Waals surface area contributed by atoms with Gasteiger partial charge in [0, 0.05) is 42.0 Å². The standard InChI is InChI=1S/C29H18NO.C15H18NSi.Ir/c1-3-8-20(9-4-1)22-14-15-24-25-12-7-13-26(29(25)31-28(24)19-22)27-18-23(16-17-30-27)21-10-5-2-6-11-21;1-12-5-7-13(8-6-12)15-10-9-14(11-16-15)17(2,3)4;/h1-12,14-19H;5-7,9-11H,1-4H3;/q2*-1;/i1D,3D,4D,8D,9D;1D3;. The molecule has 3 aromatic heterocycles. The van der Waals surface area contributed by atoms with Crippen molar-refractivity contribution in [1.29, 1.82) is 0 Å². The molecule has 0 saturated heterocycles. The topological polar surface area (TPSA) is 38.9 Å². The van der Waals surface area contributed by atoms with Crippen LogP contribution in [0.3, 0.4) is 0 Å². The summed E-state index contributed by atoms with van der Waals surface area (Å²) in [5.41, 5.74) is 7.34. The molecule has 0 aliphatic heterocycles. The van der Waals surface area contributed by atoms with Crippen LogP contribution >= 0.6 is 0 Å². The van der Waals surface area contributed by atoms with E-state index in [9.17, 15) is 0 Å². The molecule has 243 valence electrons. The van der Waals surface area contributed by atoms with E-state index in [2.05, 4.69) is 47.8 Å². The van der Waals surface area contributed by atoms with Crippen molar-refractivity contribution < 1.29 is 35.5 Å². The number of furan rings is 1. The van der Waals surface area contributed by atoms with Crippen molar-refractivity contribution in [3.05, 3.63) is 163 Å². The fourth-order valence-electron chi connectivity index (χ4n) is 5.44. The third-order valence-electron chi connectivity index (χ3n) is 8.06. The van der Waals surface area contributed by atoms with Crippen LogP contribution in [0.25, 0.3) is 66.7 Å². The number of nitrogens with zero attached hydrogens (tertiary/aromatic N) is 2. The molecule has 49 heavy (non-hydrogen) atoms. The quantitative estimate of drug-likeness (QED) is 0.128. The van der Waals surface area contributed by atoms with E-state index in [0.717, 1.165) is 44.4 Å². The Kier molecular flexibility index (Phi) is 7.52. The van der Waals surface area contributed by atoms with E-state index in [-0.39, 0.29) is 49.8 Å². The van der Waals surface area contributed by atoms with E-state index in [1.54, 1.807) is 30.5 Å². The number of aromatic nitrogens is 2. The number of aryl methyl sites for hydroxylation is 1. The molecule has 3 heterocycles. The van der Waals surface area contributed by atoms with Gasteiger partial charge >= 0.3 is 0 Å². The SMILES string of the molecule is [2H]C([2H])([2H])c1c[c-]c(-c2ccc([Si](C)(C)C)cn2)cc1.[2H]c1c([2H])c([2H])c(-c2ccc3c(c2)oc2c(-c4cc(-c5ccccc5)ccn4)[c-]ccc23)c([2H])c1[2H].[Ir]. The number of rotatable bonds is 5. The number of fused-ring (bicyclic) bond motifs is 3. The molecular formula is C44H36IrN2OSi-2. The van der Waals surface area contributed by atoms with Crippen molar-refractivity contribution in [3.8, 4) is 44.8 Å². The smallest absolute Gasteiger partial charge is 0.121 e. The molecule has 0 aliphatic carbocycles. The monoisotopic (exact) mass is 837 g/mol.